The third-order valence-corrected chi connectivity index (χ3v) is 2.94. The number of carbonyl (C=O) groups is 1. The molecule has 2 aromatic heterocycles. The van der Waals surface area contributed by atoms with Gasteiger partial charge in [-0.05, 0) is 47.1 Å². The molecule has 0 aliphatic carbocycles. The SMILES string of the molecule is Cc1nc(NC(=O)c2ccc[nH]2)ccc1Br. The van der Waals surface area contributed by atoms with E-state index in [1.807, 2.05) is 13.0 Å². The maximum atomic E-state index is 11.7. The van der Waals surface area contributed by atoms with Crippen LogP contribution in [0.15, 0.2) is 34.9 Å². The number of hydrogen-bond acceptors (Lipinski definition) is 2. The molecule has 0 saturated heterocycles. The van der Waals surface area contributed by atoms with Gasteiger partial charge in [0.05, 0.1) is 5.69 Å². The van der Waals surface area contributed by atoms with Crippen molar-refractivity contribution in [1.82, 2.24) is 9.97 Å². The molecule has 2 heterocycles. The quantitative estimate of drug-likeness (QED) is 0.888. The molecule has 0 unspecified atom stereocenters. The highest BCUT2D eigenvalue weighted by atomic mass is 79.9. The van der Waals surface area contributed by atoms with E-state index in [0.717, 1.165) is 10.2 Å². The number of nitrogens with one attached hydrogen (secondary N) is 2. The number of hydrogen-bond donors (Lipinski definition) is 2. The minimum Gasteiger partial charge on any atom is -0.357 e. The average Bonchev–Trinajstić information content (AvgIpc) is 2.77. The van der Waals surface area contributed by atoms with Gasteiger partial charge in [0, 0.05) is 10.7 Å². The maximum Gasteiger partial charge on any atom is 0.273 e. The minimum atomic E-state index is -0.195. The number of anilines is 1. The number of aromatic nitrogens is 2. The van der Waals surface area contributed by atoms with Crippen molar-refractivity contribution in [3.05, 3.63) is 46.3 Å². The van der Waals surface area contributed by atoms with Crippen LogP contribution >= 0.6 is 15.9 Å². The number of aromatic amines is 1. The Morgan fingerprint density at radius 3 is 2.88 bits per heavy atom. The highest BCUT2D eigenvalue weighted by Gasteiger charge is 2.07. The van der Waals surface area contributed by atoms with Crippen molar-refractivity contribution in [2.24, 2.45) is 0 Å². The Kier molecular flexibility index (Phi) is 3.05. The largest absolute Gasteiger partial charge is 0.357 e. The molecule has 0 aliphatic rings. The summed E-state index contributed by atoms with van der Waals surface area (Å²) in [5, 5.41) is 2.71. The van der Waals surface area contributed by atoms with E-state index in [2.05, 4.69) is 31.2 Å². The van der Waals surface area contributed by atoms with Crippen molar-refractivity contribution < 1.29 is 4.79 Å². The van der Waals surface area contributed by atoms with Crippen LogP contribution in [0.2, 0.25) is 0 Å². The van der Waals surface area contributed by atoms with Gasteiger partial charge in [-0.1, -0.05) is 0 Å². The second-order valence-corrected chi connectivity index (χ2v) is 4.16. The van der Waals surface area contributed by atoms with E-state index >= 15 is 0 Å². The van der Waals surface area contributed by atoms with Gasteiger partial charge in [-0.15, -0.1) is 0 Å². The summed E-state index contributed by atoms with van der Waals surface area (Å²) in [7, 11) is 0. The molecule has 0 spiro atoms. The molecule has 1 amide bonds. The lowest BCUT2D eigenvalue weighted by molar-refractivity contribution is 0.102. The molecule has 2 rings (SSSR count). The zero-order valence-corrected chi connectivity index (χ0v) is 10.2. The third-order valence-electron chi connectivity index (χ3n) is 2.11. The fourth-order valence-electron chi connectivity index (χ4n) is 1.27. The Hall–Kier alpha value is -1.62. The summed E-state index contributed by atoms with van der Waals surface area (Å²) in [6.45, 7) is 1.87. The van der Waals surface area contributed by atoms with Crippen LogP contribution in [0.5, 0.6) is 0 Å². The van der Waals surface area contributed by atoms with Crippen molar-refractivity contribution >= 4 is 27.7 Å². The monoisotopic (exact) mass is 279 g/mol. The summed E-state index contributed by atoms with van der Waals surface area (Å²) in [5.74, 6) is 0.347. The molecule has 2 aromatic rings. The molecular weight excluding hydrogens is 270 g/mol. The first-order valence-electron chi connectivity index (χ1n) is 4.75. The Bertz CT molecular complexity index is 508. The zero-order valence-electron chi connectivity index (χ0n) is 8.62. The molecule has 0 bridgehead atoms. The summed E-state index contributed by atoms with van der Waals surface area (Å²) in [4.78, 5) is 18.7. The lowest BCUT2D eigenvalue weighted by Crippen LogP contribution is -2.13. The van der Waals surface area contributed by atoms with Crippen LogP contribution in [0.4, 0.5) is 5.82 Å². The summed E-state index contributed by atoms with van der Waals surface area (Å²) >= 11 is 3.35. The van der Waals surface area contributed by atoms with Crippen molar-refractivity contribution in [1.29, 1.82) is 0 Å². The summed E-state index contributed by atoms with van der Waals surface area (Å²) in [5.41, 5.74) is 1.35. The molecular formula is C11H10BrN3O. The van der Waals surface area contributed by atoms with E-state index in [1.165, 1.54) is 0 Å². The van der Waals surface area contributed by atoms with E-state index in [1.54, 1.807) is 24.4 Å². The summed E-state index contributed by atoms with van der Waals surface area (Å²) < 4.78 is 0.922. The van der Waals surface area contributed by atoms with Crippen LogP contribution in [0.1, 0.15) is 16.2 Å². The standard InChI is InChI=1S/C11H10BrN3O/c1-7-8(12)4-5-10(14-7)15-11(16)9-3-2-6-13-9/h2-6,13H,1H3,(H,14,15,16). The predicted molar refractivity (Wildman–Crippen MR) is 65.4 cm³/mol. The molecule has 82 valence electrons. The first-order valence-corrected chi connectivity index (χ1v) is 5.54. The summed E-state index contributed by atoms with van der Waals surface area (Å²) in [6, 6.07) is 7.08. The molecule has 0 aromatic carbocycles. The van der Waals surface area contributed by atoms with Crippen LogP contribution in [0, 0.1) is 6.92 Å². The van der Waals surface area contributed by atoms with Gasteiger partial charge in [-0.25, -0.2) is 4.98 Å². The number of aryl methyl sites for hydroxylation is 1. The van der Waals surface area contributed by atoms with E-state index in [9.17, 15) is 4.79 Å². The topological polar surface area (TPSA) is 57.8 Å². The normalized spacial score (nSPS) is 10.1. The lowest BCUT2D eigenvalue weighted by Gasteiger charge is -2.04. The van der Waals surface area contributed by atoms with Gasteiger partial charge in [-0.3, -0.25) is 4.79 Å². The molecule has 0 radical (unpaired) electrons. The number of halogens is 1. The molecule has 0 aliphatic heterocycles. The number of H-pyrrole nitrogens is 1. The highest BCUT2D eigenvalue weighted by molar-refractivity contribution is 9.10. The molecule has 2 N–H and O–H groups in total. The van der Waals surface area contributed by atoms with E-state index in [4.69, 9.17) is 0 Å². The van der Waals surface area contributed by atoms with Gasteiger partial charge < -0.3 is 10.3 Å². The van der Waals surface area contributed by atoms with E-state index in [-0.39, 0.29) is 5.91 Å². The lowest BCUT2D eigenvalue weighted by atomic mass is 10.3. The van der Waals surface area contributed by atoms with Crippen LogP contribution in [-0.4, -0.2) is 15.9 Å². The third kappa shape index (κ3) is 2.30. The van der Waals surface area contributed by atoms with Crippen LogP contribution < -0.4 is 5.32 Å². The Balaban J connectivity index is 2.15. The van der Waals surface area contributed by atoms with Gasteiger partial charge in [0.1, 0.15) is 11.5 Å². The first-order chi connectivity index (χ1) is 7.66. The van der Waals surface area contributed by atoms with Crippen LogP contribution in [-0.2, 0) is 0 Å². The number of amides is 1. The molecule has 4 nitrogen and oxygen atoms in total. The van der Waals surface area contributed by atoms with Crippen LogP contribution in [0.3, 0.4) is 0 Å². The average molecular weight is 280 g/mol. The number of nitrogens with zero attached hydrogens (tertiary/aromatic N) is 1. The van der Waals surface area contributed by atoms with Crippen molar-refractivity contribution in [3.63, 3.8) is 0 Å². The summed E-state index contributed by atoms with van der Waals surface area (Å²) in [6.07, 6.45) is 1.70. The Labute approximate surface area is 101 Å². The number of carbonyl (C=O) groups excluding carboxylic acids is 1. The number of rotatable bonds is 2. The molecule has 0 fully saturated rings. The second kappa shape index (κ2) is 4.49. The van der Waals surface area contributed by atoms with Gasteiger partial charge >= 0.3 is 0 Å². The van der Waals surface area contributed by atoms with Crippen molar-refractivity contribution in [2.45, 2.75) is 6.92 Å². The van der Waals surface area contributed by atoms with Gasteiger partial charge in [0.25, 0.3) is 5.91 Å². The van der Waals surface area contributed by atoms with Crippen molar-refractivity contribution in [3.8, 4) is 0 Å². The van der Waals surface area contributed by atoms with E-state index in [0.29, 0.717) is 11.5 Å². The first kappa shape index (κ1) is 10.9. The second-order valence-electron chi connectivity index (χ2n) is 3.30. The molecule has 0 saturated carbocycles. The van der Waals surface area contributed by atoms with Gasteiger partial charge in [0.2, 0.25) is 0 Å². The molecule has 5 heteroatoms. The molecule has 0 atom stereocenters. The zero-order chi connectivity index (χ0) is 11.5. The van der Waals surface area contributed by atoms with Crippen molar-refractivity contribution in [2.75, 3.05) is 5.32 Å². The molecule has 16 heavy (non-hydrogen) atoms. The maximum absolute atomic E-state index is 11.7. The van der Waals surface area contributed by atoms with E-state index < -0.39 is 0 Å². The fourth-order valence-corrected chi connectivity index (χ4v) is 1.49. The Morgan fingerprint density at radius 1 is 1.44 bits per heavy atom. The van der Waals surface area contributed by atoms with Gasteiger partial charge in [-0.2, -0.15) is 0 Å². The number of pyridine rings is 1. The Morgan fingerprint density at radius 2 is 2.25 bits per heavy atom. The predicted octanol–water partition coefficient (Wildman–Crippen LogP) is 2.73. The van der Waals surface area contributed by atoms with Crippen LogP contribution in [0.25, 0.3) is 0 Å². The minimum absolute atomic E-state index is 0.195. The fraction of sp³-hybridized carbons (Fsp3) is 0.0909. The highest BCUT2D eigenvalue weighted by Crippen LogP contribution is 2.16. The smallest absolute Gasteiger partial charge is 0.273 e. The van der Waals surface area contributed by atoms with Gasteiger partial charge in [0.15, 0.2) is 0 Å².